The van der Waals surface area contributed by atoms with Crippen molar-refractivity contribution < 1.29 is 34.2 Å². The Morgan fingerprint density at radius 2 is 1.79 bits per heavy atom. The number of likely N-dealkylation sites (N-methyl/N-ethyl adjacent to an activating group) is 1. The van der Waals surface area contributed by atoms with Crippen molar-refractivity contribution >= 4 is 29.0 Å². The number of phenols is 1. The largest absolute Gasteiger partial charge is 0.507 e. The van der Waals surface area contributed by atoms with Crippen molar-refractivity contribution in [1.82, 2.24) is 4.90 Å². The lowest BCUT2D eigenvalue weighted by atomic mass is 9.52. The number of allylic oxidation sites excluding steroid dienone is 1. The number of hydrogen-bond donors (Lipinski definition) is 3. The molecule has 0 radical (unpaired) electrons. The Morgan fingerprint density at radius 3 is 2.39 bits per heavy atom. The van der Waals surface area contributed by atoms with Gasteiger partial charge in [0.25, 0.3) is 0 Å². The number of nitrogens with two attached hydrogens (primary N) is 1. The Balaban J connectivity index is 1.57. The third-order valence-corrected chi connectivity index (χ3v) is 9.39. The highest BCUT2D eigenvalue weighted by atomic mass is 16.3. The molecule has 0 bridgehead atoms. The highest BCUT2D eigenvalue weighted by Crippen LogP contribution is 2.51. The van der Waals surface area contributed by atoms with Gasteiger partial charge in [-0.2, -0.15) is 0 Å². The minimum atomic E-state index is -2.71. The summed E-state index contributed by atoms with van der Waals surface area (Å²) in [6.07, 6.45) is 5.35. The van der Waals surface area contributed by atoms with Crippen LogP contribution in [0.4, 0.5) is 0 Å². The van der Waals surface area contributed by atoms with Gasteiger partial charge in [0.1, 0.15) is 5.75 Å². The van der Waals surface area contributed by atoms with Crippen molar-refractivity contribution in [2.75, 3.05) is 14.1 Å². The average Bonchev–Trinajstić information content (AvgIpc) is 3.38. The Bertz CT molecular complexity index is 1280. The van der Waals surface area contributed by atoms with E-state index in [1.54, 1.807) is 20.2 Å². The second-order valence-corrected chi connectivity index (χ2v) is 11.7. The van der Waals surface area contributed by atoms with Gasteiger partial charge < -0.3 is 15.9 Å². The first kappa shape index (κ1) is 26.4. The van der Waals surface area contributed by atoms with E-state index in [0.29, 0.717) is 17.9 Å². The Labute approximate surface area is 221 Å². The van der Waals surface area contributed by atoms with Crippen molar-refractivity contribution in [3.63, 3.8) is 0 Å². The minimum Gasteiger partial charge on any atom is -0.507 e. The number of amides is 1. The quantitative estimate of drug-likeness (QED) is 0.384. The molecule has 3 unspecified atom stereocenters. The number of phenolic OH excluding ortho intramolecular Hbond substituents is 1. The molecule has 38 heavy (non-hydrogen) atoms. The zero-order valence-corrected chi connectivity index (χ0v) is 21.7. The fourth-order valence-corrected chi connectivity index (χ4v) is 7.56. The molecular formula is C29H34N2O7. The van der Waals surface area contributed by atoms with E-state index in [-0.39, 0.29) is 24.2 Å². The predicted octanol–water partition coefficient (Wildman–Crippen LogP) is 1.16. The van der Waals surface area contributed by atoms with Gasteiger partial charge in [-0.25, -0.2) is 0 Å². The van der Waals surface area contributed by atoms with E-state index >= 15 is 0 Å². The number of carbonyl (C=O) groups is 5. The number of hydrogen-bond acceptors (Lipinski definition) is 8. The Morgan fingerprint density at radius 1 is 1.13 bits per heavy atom. The summed E-state index contributed by atoms with van der Waals surface area (Å²) in [5.74, 6) is -9.83. The van der Waals surface area contributed by atoms with Crippen molar-refractivity contribution in [2.24, 2.45) is 35.3 Å². The first-order valence-electron chi connectivity index (χ1n) is 13.3. The van der Waals surface area contributed by atoms with Gasteiger partial charge >= 0.3 is 0 Å². The smallest absolute Gasteiger partial charge is 0.235 e. The molecule has 5 rings (SSSR count). The lowest BCUT2D eigenvalue weighted by Crippen LogP contribution is -2.74. The van der Waals surface area contributed by atoms with Gasteiger partial charge in [0.2, 0.25) is 5.91 Å². The minimum absolute atomic E-state index is 0.0355. The zero-order chi connectivity index (χ0) is 27.7. The van der Waals surface area contributed by atoms with Crippen LogP contribution in [0.3, 0.4) is 0 Å². The number of aliphatic hydroxyl groups is 1. The van der Waals surface area contributed by atoms with E-state index in [9.17, 15) is 34.2 Å². The normalized spacial score (nSPS) is 33.2. The molecule has 1 aromatic carbocycles. The standard InChI is InChI=1S/C29H34N2O7/c1-13(14-6-4-5-7-14)10-15-8-9-19(32)21-17(15)11-16-12-18-23(31(2)3)25(34)22(28(30)37)27(36)29(18,38)26(35)20(16)24(21)33/h8-9,14,16,18,20,22-23,32,38H,1,4-7,10-12H2,2-3H3,(H2,30,37)/t16-,18-,20?,22?,23?,29-/m1/s1. The lowest BCUT2D eigenvalue weighted by molar-refractivity contribution is -0.181. The highest BCUT2D eigenvalue weighted by Gasteiger charge is 2.69. The summed E-state index contributed by atoms with van der Waals surface area (Å²) in [6, 6.07) is 2.12. The number of carbonyl (C=O) groups excluding carboxylic acids is 5. The first-order chi connectivity index (χ1) is 17.9. The van der Waals surface area contributed by atoms with Crippen LogP contribution in [-0.2, 0) is 32.0 Å². The molecule has 0 aromatic heterocycles. The van der Waals surface area contributed by atoms with Crippen LogP contribution in [0.15, 0.2) is 24.3 Å². The molecule has 0 heterocycles. The highest BCUT2D eigenvalue weighted by molar-refractivity contribution is 6.32. The van der Waals surface area contributed by atoms with Crippen LogP contribution in [0.5, 0.6) is 5.75 Å². The van der Waals surface area contributed by atoms with Crippen molar-refractivity contribution in [2.45, 2.75) is 56.6 Å². The summed E-state index contributed by atoms with van der Waals surface area (Å²) >= 11 is 0. The SMILES string of the molecule is C=C(Cc1ccc(O)c2c1C[C@@H]1C[C@@H]3C(N(C)C)C(=O)C(C(N)=O)C(=O)[C@]3(O)C(=O)C1C2=O)C1CCCC1. The van der Waals surface area contributed by atoms with Crippen LogP contribution < -0.4 is 5.73 Å². The van der Waals surface area contributed by atoms with E-state index in [1.165, 1.54) is 11.0 Å². The van der Waals surface area contributed by atoms with E-state index in [0.717, 1.165) is 36.8 Å². The number of benzene rings is 1. The van der Waals surface area contributed by atoms with Gasteiger partial charge in [0.05, 0.1) is 17.5 Å². The van der Waals surface area contributed by atoms with Crippen LogP contribution in [0.1, 0.15) is 53.6 Å². The van der Waals surface area contributed by atoms with Gasteiger partial charge in [-0.05, 0) is 75.2 Å². The maximum Gasteiger partial charge on any atom is 0.235 e. The number of aromatic hydroxyl groups is 1. The molecule has 0 saturated heterocycles. The van der Waals surface area contributed by atoms with Gasteiger partial charge in [-0.3, -0.25) is 28.9 Å². The monoisotopic (exact) mass is 522 g/mol. The van der Waals surface area contributed by atoms with Crippen LogP contribution in [0, 0.1) is 29.6 Å². The summed E-state index contributed by atoms with van der Waals surface area (Å²) in [6.45, 7) is 4.29. The number of Topliss-reactive ketones (excluding diaryl/α,β-unsaturated/α-hetero) is 4. The predicted molar refractivity (Wildman–Crippen MR) is 136 cm³/mol. The fraction of sp³-hybridized carbons (Fsp3) is 0.552. The summed E-state index contributed by atoms with van der Waals surface area (Å²) < 4.78 is 0. The van der Waals surface area contributed by atoms with Gasteiger partial charge in [0, 0.05) is 5.92 Å². The molecule has 4 aliphatic carbocycles. The molecular weight excluding hydrogens is 488 g/mol. The number of primary amides is 1. The second kappa shape index (κ2) is 9.24. The summed E-state index contributed by atoms with van der Waals surface area (Å²) in [4.78, 5) is 67.7. The molecule has 9 heteroatoms. The van der Waals surface area contributed by atoms with E-state index in [2.05, 4.69) is 6.58 Å². The van der Waals surface area contributed by atoms with Gasteiger partial charge in [0.15, 0.2) is 34.7 Å². The number of rotatable bonds is 5. The Hall–Kier alpha value is -3.17. The van der Waals surface area contributed by atoms with E-state index in [4.69, 9.17) is 5.73 Å². The van der Waals surface area contributed by atoms with Crippen molar-refractivity contribution in [1.29, 1.82) is 0 Å². The topological polar surface area (TPSA) is 155 Å². The van der Waals surface area contributed by atoms with Crippen LogP contribution in [0.2, 0.25) is 0 Å². The van der Waals surface area contributed by atoms with Crippen LogP contribution in [0.25, 0.3) is 0 Å². The Kier molecular flexibility index (Phi) is 6.43. The van der Waals surface area contributed by atoms with Crippen LogP contribution in [-0.4, -0.2) is 69.9 Å². The zero-order valence-electron chi connectivity index (χ0n) is 21.7. The number of ketones is 4. The summed E-state index contributed by atoms with van der Waals surface area (Å²) in [5, 5.41) is 22.3. The second-order valence-electron chi connectivity index (χ2n) is 11.7. The van der Waals surface area contributed by atoms with Crippen LogP contribution >= 0.6 is 0 Å². The molecule has 1 amide bonds. The van der Waals surface area contributed by atoms with Crippen molar-refractivity contribution in [3.05, 3.63) is 41.0 Å². The van der Waals surface area contributed by atoms with E-state index < -0.39 is 64.4 Å². The molecule has 6 atom stereocenters. The van der Waals surface area contributed by atoms with Crippen molar-refractivity contribution in [3.8, 4) is 5.75 Å². The summed E-state index contributed by atoms with van der Waals surface area (Å²) in [7, 11) is 3.14. The first-order valence-corrected chi connectivity index (χ1v) is 13.3. The third kappa shape index (κ3) is 3.70. The molecule has 4 aliphatic rings. The van der Waals surface area contributed by atoms with Gasteiger partial charge in [-0.15, -0.1) is 0 Å². The molecule has 0 spiro atoms. The lowest BCUT2D eigenvalue weighted by Gasteiger charge is -2.52. The summed E-state index contributed by atoms with van der Waals surface area (Å²) in [5.41, 5.74) is 5.27. The van der Waals surface area contributed by atoms with E-state index in [1.807, 2.05) is 0 Å². The van der Waals surface area contributed by atoms with Gasteiger partial charge in [-0.1, -0.05) is 31.1 Å². The molecule has 3 saturated carbocycles. The third-order valence-electron chi connectivity index (χ3n) is 9.39. The maximum absolute atomic E-state index is 13.9. The number of fused-ring (bicyclic) bond motifs is 3. The molecule has 3 fully saturated rings. The molecule has 1 aromatic rings. The molecule has 4 N–H and O–H groups in total. The molecule has 0 aliphatic heterocycles. The number of nitrogens with zero attached hydrogens (tertiary/aromatic N) is 1. The molecule has 202 valence electrons. The average molecular weight is 523 g/mol. The maximum atomic E-state index is 13.9. The molecule has 9 nitrogen and oxygen atoms in total. The fourth-order valence-electron chi connectivity index (χ4n) is 7.56.